The van der Waals surface area contributed by atoms with Crippen LogP contribution in [0, 0.1) is 6.92 Å². The van der Waals surface area contributed by atoms with E-state index in [2.05, 4.69) is 38.0 Å². The number of urea groups is 1. The molecule has 3 N–H and O–H groups in total. The molecule has 10 nitrogen and oxygen atoms in total. The van der Waals surface area contributed by atoms with Crippen molar-refractivity contribution in [3.8, 4) is 11.5 Å². The molecule has 1 saturated heterocycles. The second-order valence-electron chi connectivity index (χ2n) is 7.77. The molecule has 2 aliphatic heterocycles. The predicted molar refractivity (Wildman–Crippen MR) is 113 cm³/mol. The highest BCUT2D eigenvalue weighted by Crippen LogP contribution is 2.42. The lowest BCUT2D eigenvalue weighted by atomic mass is 10.0. The molecular weight excluding hydrogens is 454 g/mol. The number of nitrogens with one attached hydrogen (secondary N) is 2. The van der Waals surface area contributed by atoms with E-state index in [0.29, 0.717) is 10.5 Å². The fourth-order valence-electron chi connectivity index (χ4n) is 3.56. The number of aliphatic carboxylic acids is 1. The smallest absolute Gasteiger partial charge is 0.480 e. The van der Waals surface area contributed by atoms with Gasteiger partial charge < -0.3 is 19.9 Å². The number of aromatic nitrogens is 2. The van der Waals surface area contributed by atoms with Gasteiger partial charge in [0.25, 0.3) is 0 Å². The van der Waals surface area contributed by atoms with E-state index in [1.807, 2.05) is 18.3 Å². The number of rotatable bonds is 3. The van der Waals surface area contributed by atoms with E-state index in [0.717, 1.165) is 5.52 Å². The van der Waals surface area contributed by atoms with Gasteiger partial charge in [0.2, 0.25) is 5.91 Å². The van der Waals surface area contributed by atoms with E-state index in [-0.39, 0.29) is 17.9 Å². The highest BCUT2D eigenvalue weighted by Gasteiger charge is 2.46. The number of ether oxygens (including phenoxy) is 2. The van der Waals surface area contributed by atoms with Gasteiger partial charge >= 0.3 is 18.3 Å². The zero-order valence-electron chi connectivity index (χ0n) is 18.0. The molecule has 1 aromatic heterocycles. The zero-order valence-corrected chi connectivity index (χ0v) is 18.0. The number of hydrogen-bond acceptors (Lipinski definition) is 6. The van der Waals surface area contributed by atoms with Crippen LogP contribution in [-0.2, 0) is 9.59 Å². The van der Waals surface area contributed by atoms with Gasteiger partial charge in [-0.3, -0.25) is 9.89 Å². The van der Waals surface area contributed by atoms with E-state index in [4.69, 9.17) is 5.11 Å². The number of nitrogens with zero attached hydrogens (tertiary/aromatic N) is 2. The van der Waals surface area contributed by atoms with Crippen LogP contribution in [-0.4, -0.2) is 50.4 Å². The van der Waals surface area contributed by atoms with Crippen molar-refractivity contribution >= 4 is 28.8 Å². The van der Waals surface area contributed by atoms with Gasteiger partial charge in [-0.25, -0.2) is 14.5 Å². The predicted octanol–water partition coefficient (Wildman–Crippen LogP) is 3.34. The van der Waals surface area contributed by atoms with Crippen molar-refractivity contribution in [3.05, 3.63) is 53.7 Å². The Kier molecular flexibility index (Phi) is 5.82. The van der Waals surface area contributed by atoms with Crippen LogP contribution in [0.3, 0.4) is 0 Å². The molecule has 2 aromatic carbocycles. The number of halogens is 2. The van der Waals surface area contributed by atoms with Crippen LogP contribution >= 0.6 is 0 Å². The molecular formula is C22H20F2N4O6. The summed E-state index contributed by atoms with van der Waals surface area (Å²) in [4.78, 5) is 35.0. The van der Waals surface area contributed by atoms with E-state index < -0.39 is 36.3 Å². The maximum Gasteiger partial charge on any atom is 0.586 e. The van der Waals surface area contributed by atoms with Crippen molar-refractivity contribution < 1.29 is 37.7 Å². The van der Waals surface area contributed by atoms with Crippen LogP contribution in [0.4, 0.5) is 13.6 Å². The number of carboxylic acid groups (broad SMARTS) is 1. The number of aryl methyl sites for hydroxylation is 1. The van der Waals surface area contributed by atoms with Gasteiger partial charge in [0.05, 0.1) is 24.2 Å². The van der Waals surface area contributed by atoms with Crippen molar-refractivity contribution in [2.45, 2.75) is 38.6 Å². The van der Waals surface area contributed by atoms with Gasteiger partial charge in [-0.1, -0.05) is 18.2 Å². The van der Waals surface area contributed by atoms with Gasteiger partial charge in [-0.15, -0.1) is 8.78 Å². The summed E-state index contributed by atoms with van der Waals surface area (Å²) in [7, 11) is 0. The van der Waals surface area contributed by atoms with Crippen LogP contribution in [0.15, 0.2) is 42.6 Å². The van der Waals surface area contributed by atoms with Crippen LogP contribution < -0.4 is 14.8 Å². The van der Waals surface area contributed by atoms with Crippen molar-refractivity contribution in [1.29, 1.82) is 0 Å². The summed E-state index contributed by atoms with van der Waals surface area (Å²) in [5.41, 5.74) is 2.80. The number of likely N-dealkylation sites (tertiary alicyclic amines) is 1. The van der Waals surface area contributed by atoms with Gasteiger partial charge in [-0.2, -0.15) is 5.10 Å². The number of hydrogen-bond donors (Lipinski definition) is 3. The number of benzene rings is 2. The van der Waals surface area contributed by atoms with E-state index >= 15 is 0 Å². The molecule has 3 heterocycles. The Balaban J connectivity index is 0.000000226. The minimum Gasteiger partial charge on any atom is -0.480 e. The molecule has 2 aliphatic rings. The summed E-state index contributed by atoms with van der Waals surface area (Å²) in [5.74, 6) is -2.19. The fraction of sp³-hybridized carbons (Fsp3) is 0.273. The minimum absolute atomic E-state index is 0.133. The number of alkyl halides is 2. The zero-order chi connectivity index (χ0) is 24.6. The van der Waals surface area contributed by atoms with E-state index in [1.165, 1.54) is 29.1 Å². The van der Waals surface area contributed by atoms with Crippen molar-refractivity contribution in [2.24, 2.45) is 0 Å². The maximum atomic E-state index is 13.0. The monoisotopic (exact) mass is 474 g/mol. The van der Waals surface area contributed by atoms with E-state index in [9.17, 15) is 23.2 Å². The molecule has 1 unspecified atom stereocenters. The number of β-lactam (4-membered cyclic amide) rings is 1. The largest absolute Gasteiger partial charge is 0.586 e. The Morgan fingerprint density at radius 2 is 2.00 bits per heavy atom. The Morgan fingerprint density at radius 1 is 1.26 bits per heavy atom. The molecule has 5 rings (SSSR count). The van der Waals surface area contributed by atoms with Crippen LogP contribution in [0.1, 0.15) is 30.5 Å². The van der Waals surface area contributed by atoms with Crippen LogP contribution in [0.5, 0.6) is 11.5 Å². The van der Waals surface area contributed by atoms with Crippen molar-refractivity contribution in [1.82, 2.24) is 20.4 Å². The van der Waals surface area contributed by atoms with Crippen molar-refractivity contribution in [3.63, 3.8) is 0 Å². The molecule has 0 saturated carbocycles. The third-order valence-corrected chi connectivity index (χ3v) is 5.42. The second kappa shape index (κ2) is 8.61. The fourth-order valence-corrected chi connectivity index (χ4v) is 3.56. The average molecular weight is 474 g/mol. The Bertz CT molecular complexity index is 1280. The molecule has 34 heavy (non-hydrogen) atoms. The maximum absolute atomic E-state index is 13.0. The average Bonchev–Trinajstić information content (AvgIpc) is 3.34. The molecule has 178 valence electrons. The summed E-state index contributed by atoms with van der Waals surface area (Å²) in [5, 5.41) is 19.4. The standard InChI is InChI=1S/C14H12F2N2O6.C8H8N2/c1-6(17-13(22)18-8(12(20)21)5-11(18)19)7-2-3-9-10(4-7)24-14(15,16)23-9;1-6-3-2-4-8-7(6)5-9-10-8/h2-4,6,8H,5H2,1H3,(H,17,22)(H,20,21);2-5H,1H3,(H,9,10)/t6?,8-;/m0./s1. The minimum atomic E-state index is -3.74. The summed E-state index contributed by atoms with van der Waals surface area (Å²) >= 11 is 0. The Labute approximate surface area is 191 Å². The number of amides is 3. The summed E-state index contributed by atoms with van der Waals surface area (Å²) in [6, 6.07) is 7.37. The second-order valence-corrected chi connectivity index (χ2v) is 7.77. The number of carboxylic acids is 1. The highest BCUT2D eigenvalue weighted by atomic mass is 19.3. The summed E-state index contributed by atoms with van der Waals surface area (Å²) in [6.45, 7) is 3.63. The molecule has 2 atom stereocenters. The molecule has 1 fully saturated rings. The number of imide groups is 1. The first-order valence-corrected chi connectivity index (χ1v) is 10.2. The lowest BCUT2D eigenvalue weighted by Gasteiger charge is -2.36. The number of carbonyl (C=O) groups excluding carboxylic acids is 2. The molecule has 12 heteroatoms. The lowest BCUT2D eigenvalue weighted by Crippen LogP contribution is -2.61. The number of fused-ring (bicyclic) bond motifs is 2. The SMILES string of the molecule is CC(NC(=O)N1C(=O)C[C@H]1C(=O)O)c1ccc2c(c1)OC(F)(F)O2.Cc1cccc2[nH]ncc12. The van der Waals surface area contributed by atoms with Gasteiger partial charge in [0.1, 0.15) is 6.04 Å². The highest BCUT2D eigenvalue weighted by molar-refractivity contribution is 6.05. The number of H-pyrrole nitrogens is 1. The summed E-state index contributed by atoms with van der Waals surface area (Å²) in [6.07, 6.45) is -2.13. The number of carbonyl (C=O) groups is 3. The van der Waals surface area contributed by atoms with Crippen LogP contribution in [0.2, 0.25) is 0 Å². The van der Waals surface area contributed by atoms with Gasteiger partial charge in [0.15, 0.2) is 11.5 Å². The summed E-state index contributed by atoms with van der Waals surface area (Å²) < 4.78 is 34.6. The molecule has 0 spiro atoms. The first-order chi connectivity index (χ1) is 16.1. The first-order valence-electron chi connectivity index (χ1n) is 10.2. The molecule has 3 aromatic rings. The Morgan fingerprint density at radius 3 is 2.68 bits per heavy atom. The lowest BCUT2D eigenvalue weighted by molar-refractivity contribution is -0.286. The molecule has 3 amide bonds. The number of aromatic amines is 1. The topological polar surface area (TPSA) is 134 Å². The van der Waals surface area contributed by atoms with Crippen LogP contribution in [0.25, 0.3) is 10.9 Å². The molecule has 0 radical (unpaired) electrons. The third kappa shape index (κ3) is 4.47. The van der Waals surface area contributed by atoms with Gasteiger partial charge in [0, 0.05) is 5.39 Å². The van der Waals surface area contributed by atoms with Crippen molar-refractivity contribution in [2.75, 3.05) is 0 Å². The van der Waals surface area contributed by atoms with E-state index in [1.54, 1.807) is 6.92 Å². The van der Waals surface area contributed by atoms with Gasteiger partial charge in [-0.05, 0) is 43.2 Å². The Hall–Kier alpha value is -4.22. The molecule has 0 aliphatic carbocycles. The first kappa shape index (κ1) is 23.0. The molecule has 0 bridgehead atoms. The normalized spacial score (nSPS) is 18.5. The third-order valence-electron chi connectivity index (χ3n) is 5.42. The quantitative estimate of drug-likeness (QED) is 0.496.